The number of hydrogen-bond acceptors (Lipinski definition) is 1. The van der Waals surface area contributed by atoms with Crippen LogP contribution in [0, 0.1) is 11.7 Å². The Morgan fingerprint density at radius 1 is 1.40 bits per heavy atom. The van der Waals surface area contributed by atoms with Crippen LogP contribution in [-0.4, -0.2) is 13.1 Å². The minimum Gasteiger partial charge on any atom is -0.317 e. The van der Waals surface area contributed by atoms with Gasteiger partial charge in [-0.25, -0.2) is 4.39 Å². The standard InChI is InChI=1S/C13H18FN/c1-15-13-6-5-11(9-13)7-10-3-2-4-12(14)8-10/h2-4,8,11,13,15H,5-7,9H2,1H3. The van der Waals surface area contributed by atoms with E-state index in [1.165, 1.54) is 25.3 Å². The van der Waals surface area contributed by atoms with Gasteiger partial charge in [0.2, 0.25) is 0 Å². The molecular weight excluding hydrogens is 189 g/mol. The lowest BCUT2D eigenvalue weighted by Gasteiger charge is -2.10. The maximum Gasteiger partial charge on any atom is 0.123 e. The molecule has 1 aromatic carbocycles. The van der Waals surface area contributed by atoms with Gasteiger partial charge in [-0.05, 0) is 56.3 Å². The fourth-order valence-corrected chi connectivity index (χ4v) is 2.52. The molecule has 0 bridgehead atoms. The van der Waals surface area contributed by atoms with E-state index in [9.17, 15) is 4.39 Å². The molecule has 2 unspecified atom stereocenters. The van der Waals surface area contributed by atoms with E-state index >= 15 is 0 Å². The van der Waals surface area contributed by atoms with Crippen LogP contribution in [0.15, 0.2) is 24.3 Å². The van der Waals surface area contributed by atoms with Crippen molar-refractivity contribution in [3.05, 3.63) is 35.6 Å². The zero-order chi connectivity index (χ0) is 10.7. The van der Waals surface area contributed by atoms with Crippen molar-refractivity contribution in [2.45, 2.75) is 31.7 Å². The molecule has 1 saturated carbocycles. The summed E-state index contributed by atoms with van der Waals surface area (Å²) in [6, 6.07) is 7.66. The molecule has 2 heteroatoms. The van der Waals surface area contributed by atoms with Crippen LogP contribution in [0.5, 0.6) is 0 Å². The lowest BCUT2D eigenvalue weighted by atomic mass is 9.98. The molecule has 0 heterocycles. The van der Waals surface area contributed by atoms with Crippen molar-refractivity contribution in [1.82, 2.24) is 5.32 Å². The van der Waals surface area contributed by atoms with Crippen molar-refractivity contribution in [2.75, 3.05) is 7.05 Å². The van der Waals surface area contributed by atoms with Gasteiger partial charge in [0.15, 0.2) is 0 Å². The molecule has 1 aliphatic carbocycles. The molecule has 2 rings (SSSR count). The first-order chi connectivity index (χ1) is 7.28. The third-order valence-electron chi connectivity index (χ3n) is 3.36. The van der Waals surface area contributed by atoms with E-state index in [-0.39, 0.29) is 5.82 Å². The van der Waals surface area contributed by atoms with Gasteiger partial charge in [0.1, 0.15) is 5.82 Å². The minimum absolute atomic E-state index is 0.115. The number of rotatable bonds is 3. The number of hydrogen-bond donors (Lipinski definition) is 1. The molecule has 0 aliphatic heterocycles. The molecule has 0 saturated heterocycles. The van der Waals surface area contributed by atoms with Gasteiger partial charge in [-0.2, -0.15) is 0 Å². The van der Waals surface area contributed by atoms with E-state index in [4.69, 9.17) is 0 Å². The van der Waals surface area contributed by atoms with Crippen LogP contribution in [0.4, 0.5) is 4.39 Å². The van der Waals surface area contributed by atoms with Crippen LogP contribution in [-0.2, 0) is 6.42 Å². The molecule has 1 fully saturated rings. The maximum absolute atomic E-state index is 13.0. The molecular formula is C13H18FN. The normalized spacial score (nSPS) is 25.7. The summed E-state index contributed by atoms with van der Waals surface area (Å²) in [4.78, 5) is 0. The summed E-state index contributed by atoms with van der Waals surface area (Å²) in [5, 5.41) is 3.32. The monoisotopic (exact) mass is 207 g/mol. The Balaban J connectivity index is 1.92. The molecule has 1 N–H and O–H groups in total. The summed E-state index contributed by atoms with van der Waals surface area (Å²) in [5.74, 6) is 0.611. The van der Waals surface area contributed by atoms with Crippen molar-refractivity contribution in [2.24, 2.45) is 5.92 Å². The Morgan fingerprint density at radius 2 is 2.27 bits per heavy atom. The highest BCUT2D eigenvalue weighted by molar-refractivity contribution is 5.17. The highest BCUT2D eigenvalue weighted by Gasteiger charge is 2.23. The second kappa shape index (κ2) is 4.75. The maximum atomic E-state index is 13.0. The van der Waals surface area contributed by atoms with Crippen molar-refractivity contribution < 1.29 is 4.39 Å². The predicted molar refractivity (Wildman–Crippen MR) is 60.3 cm³/mol. The Bertz CT molecular complexity index is 324. The van der Waals surface area contributed by atoms with Gasteiger partial charge >= 0.3 is 0 Å². The number of benzene rings is 1. The highest BCUT2D eigenvalue weighted by atomic mass is 19.1. The zero-order valence-electron chi connectivity index (χ0n) is 9.17. The molecule has 1 nitrogen and oxygen atoms in total. The van der Waals surface area contributed by atoms with Crippen LogP contribution < -0.4 is 5.32 Å². The first-order valence-electron chi connectivity index (χ1n) is 5.69. The highest BCUT2D eigenvalue weighted by Crippen LogP contribution is 2.28. The molecule has 0 radical (unpaired) electrons. The van der Waals surface area contributed by atoms with E-state index in [1.54, 1.807) is 12.1 Å². The third-order valence-corrected chi connectivity index (χ3v) is 3.36. The Kier molecular flexibility index (Phi) is 3.37. The van der Waals surface area contributed by atoms with E-state index < -0.39 is 0 Å². The Hall–Kier alpha value is -0.890. The average molecular weight is 207 g/mol. The minimum atomic E-state index is -0.115. The summed E-state index contributed by atoms with van der Waals surface area (Å²) in [5.41, 5.74) is 1.14. The van der Waals surface area contributed by atoms with Gasteiger partial charge < -0.3 is 5.32 Å². The summed E-state index contributed by atoms with van der Waals surface area (Å²) >= 11 is 0. The van der Waals surface area contributed by atoms with E-state index in [0.29, 0.717) is 6.04 Å². The molecule has 1 aromatic rings. The second-order valence-corrected chi connectivity index (χ2v) is 4.50. The molecule has 0 aromatic heterocycles. The Morgan fingerprint density at radius 3 is 2.93 bits per heavy atom. The van der Waals surface area contributed by atoms with E-state index in [2.05, 4.69) is 5.32 Å². The van der Waals surface area contributed by atoms with E-state index in [0.717, 1.165) is 17.9 Å². The molecule has 15 heavy (non-hydrogen) atoms. The first-order valence-corrected chi connectivity index (χ1v) is 5.69. The number of nitrogens with one attached hydrogen (secondary N) is 1. The third kappa shape index (κ3) is 2.78. The van der Waals surface area contributed by atoms with Crippen molar-refractivity contribution in [3.63, 3.8) is 0 Å². The van der Waals surface area contributed by atoms with Crippen molar-refractivity contribution in [3.8, 4) is 0 Å². The van der Waals surface area contributed by atoms with Gasteiger partial charge in [-0.15, -0.1) is 0 Å². The molecule has 2 atom stereocenters. The summed E-state index contributed by atoms with van der Waals surface area (Å²) < 4.78 is 13.0. The molecule has 0 amide bonds. The van der Waals surface area contributed by atoms with Gasteiger partial charge in [0, 0.05) is 6.04 Å². The van der Waals surface area contributed by atoms with Gasteiger partial charge in [0.05, 0.1) is 0 Å². The fourth-order valence-electron chi connectivity index (χ4n) is 2.52. The van der Waals surface area contributed by atoms with Crippen LogP contribution in [0.2, 0.25) is 0 Å². The molecule has 1 aliphatic rings. The summed E-state index contributed by atoms with van der Waals surface area (Å²) in [6.45, 7) is 0. The van der Waals surface area contributed by atoms with Gasteiger partial charge in [-0.1, -0.05) is 12.1 Å². The Labute approximate surface area is 90.7 Å². The van der Waals surface area contributed by atoms with Crippen molar-refractivity contribution in [1.29, 1.82) is 0 Å². The van der Waals surface area contributed by atoms with Gasteiger partial charge in [-0.3, -0.25) is 0 Å². The number of halogens is 1. The van der Waals surface area contributed by atoms with Crippen LogP contribution in [0.1, 0.15) is 24.8 Å². The topological polar surface area (TPSA) is 12.0 Å². The van der Waals surface area contributed by atoms with Crippen LogP contribution >= 0.6 is 0 Å². The fraction of sp³-hybridized carbons (Fsp3) is 0.538. The van der Waals surface area contributed by atoms with Crippen LogP contribution in [0.25, 0.3) is 0 Å². The lowest BCUT2D eigenvalue weighted by Crippen LogP contribution is -2.21. The van der Waals surface area contributed by atoms with Crippen LogP contribution in [0.3, 0.4) is 0 Å². The first kappa shape index (κ1) is 10.6. The predicted octanol–water partition coefficient (Wildman–Crippen LogP) is 2.76. The SMILES string of the molecule is CNC1CCC(Cc2cccc(F)c2)C1. The summed E-state index contributed by atoms with van der Waals surface area (Å²) in [6.07, 6.45) is 4.78. The summed E-state index contributed by atoms with van der Waals surface area (Å²) in [7, 11) is 2.02. The molecule has 82 valence electrons. The molecule has 0 spiro atoms. The largest absolute Gasteiger partial charge is 0.317 e. The smallest absolute Gasteiger partial charge is 0.123 e. The quantitative estimate of drug-likeness (QED) is 0.803. The van der Waals surface area contributed by atoms with Crippen molar-refractivity contribution >= 4 is 0 Å². The average Bonchev–Trinajstić information content (AvgIpc) is 2.65. The van der Waals surface area contributed by atoms with E-state index in [1.807, 2.05) is 13.1 Å². The zero-order valence-corrected chi connectivity index (χ0v) is 9.17. The second-order valence-electron chi connectivity index (χ2n) is 4.50. The van der Waals surface area contributed by atoms with Gasteiger partial charge in [0.25, 0.3) is 0 Å². The lowest BCUT2D eigenvalue weighted by molar-refractivity contribution is 0.508.